The zero-order valence-electron chi connectivity index (χ0n) is 15.9. The lowest BCUT2D eigenvalue weighted by Gasteiger charge is -2.35. The summed E-state index contributed by atoms with van der Waals surface area (Å²) in [6, 6.07) is 10.6. The first-order valence-electron chi connectivity index (χ1n) is 8.93. The van der Waals surface area contributed by atoms with E-state index >= 15 is 0 Å². The van der Waals surface area contributed by atoms with Gasteiger partial charge in [0.05, 0.1) is 14.2 Å². The van der Waals surface area contributed by atoms with E-state index < -0.39 is 24.0 Å². The van der Waals surface area contributed by atoms with Gasteiger partial charge in [-0.3, -0.25) is 4.79 Å². The Morgan fingerprint density at radius 1 is 1.11 bits per heavy atom. The van der Waals surface area contributed by atoms with Gasteiger partial charge in [-0.25, -0.2) is 0 Å². The number of ether oxygens (including phenoxy) is 2. The van der Waals surface area contributed by atoms with Gasteiger partial charge in [-0.05, 0) is 48.6 Å². The van der Waals surface area contributed by atoms with E-state index in [-0.39, 0.29) is 0 Å². The summed E-state index contributed by atoms with van der Waals surface area (Å²) in [7, 11) is 3.05. The van der Waals surface area contributed by atoms with E-state index in [2.05, 4.69) is 5.32 Å². The van der Waals surface area contributed by atoms with E-state index in [0.717, 1.165) is 22.3 Å². The summed E-state index contributed by atoms with van der Waals surface area (Å²) < 4.78 is 49.3. The van der Waals surface area contributed by atoms with Crippen LogP contribution in [0.4, 0.5) is 13.2 Å². The quantitative estimate of drug-likeness (QED) is 0.850. The monoisotopic (exact) mass is 393 g/mol. The summed E-state index contributed by atoms with van der Waals surface area (Å²) >= 11 is 0. The summed E-state index contributed by atoms with van der Waals surface area (Å²) in [5.74, 6) is -1.27. The van der Waals surface area contributed by atoms with Crippen molar-refractivity contribution in [2.45, 2.75) is 37.9 Å². The molecule has 0 saturated heterocycles. The molecule has 28 heavy (non-hydrogen) atoms. The zero-order valence-corrected chi connectivity index (χ0v) is 15.9. The van der Waals surface area contributed by atoms with Crippen LogP contribution in [0, 0.1) is 6.92 Å². The summed E-state index contributed by atoms with van der Waals surface area (Å²) in [4.78, 5) is 11.6. The predicted molar refractivity (Wildman–Crippen MR) is 98.9 cm³/mol. The molecule has 1 aliphatic rings. The molecule has 0 radical (unpaired) electrons. The third kappa shape index (κ3) is 3.93. The van der Waals surface area contributed by atoms with Gasteiger partial charge in [0.15, 0.2) is 11.5 Å². The summed E-state index contributed by atoms with van der Waals surface area (Å²) in [5, 5.41) is 2.20. The average Bonchev–Trinajstić information content (AvgIpc) is 2.65. The molecule has 1 N–H and O–H groups in total. The second kappa shape index (κ2) is 7.73. The van der Waals surface area contributed by atoms with Gasteiger partial charge >= 0.3 is 12.1 Å². The number of fused-ring (bicyclic) bond motifs is 1. The molecule has 0 heterocycles. The maximum absolute atomic E-state index is 12.9. The fourth-order valence-corrected chi connectivity index (χ4v) is 3.82. The summed E-state index contributed by atoms with van der Waals surface area (Å²) in [6.07, 6.45) is -4.00. The van der Waals surface area contributed by atoms with Crippen molar-refractivity contribution >= 4 is 5.91 Å². The lowest BCUT2D eigenvalue weighted by atomic mass is 9.75. The van der Waals surface area contributed by atoms with Crippen LogP contribution in [0.1, 0.15) is 34.6 Å². The number of halogens is 3. The number of nitrogens with one attached hydrogen (secondary N) is 1. The molecule has 150 valence electrons. The van der Waals surface area contributed by atoms with E-state index in [4.69, 9.17) is 9.47 Å². The highest BCUT2D eigenvalue weighted by molar-refractivity contribution is 5.82. The smallest absolute Gasteiger partial charge is 0.471 e. The Hall–Kier alpha value is -2.70. The Morgan fingerprint density at radius 3 is 2.39 bits per heavy atom. The van der Waals surface area contributed by atoms with Gasteiger partial charge in [-0.2, -0.15) is 13.2 Å². The van der Waals surface area contributed by atoms with Crippen LogP contribution in [0.5, 0.6) is 11.5 Å². The maximum Gasteiger partial charge on any atom is 0.471 e. The fraction of sp³-hybridized carbons (Fsp3) is 0.381. The maximum atomic E-state index is 12.9. The van der Waals surface area contributed by atoms with Crippen molar-refractivity contribution in [2.75, 3.05) is 14.2 Å². The Bertz CT molecular complexity index is 880. The molecule has 2 aromatic rings. The third-order valence-electron chi connectivity index (χ3n) is 5.08. The molecule has 2 atom stereocenters. The molecule has 0 bridgehead atoms. The average molecular weight is 393 g/mol. The Morgan fingerprint density at radius 2 is 1.79 bits per heavy atom. The highest BCUT2D eigenvalue weighted by Crippen LogP contribution is 2.42. The SMILES string of the molecule is COc1cc2c(cc1OC)C(c1cccc(C)c1)C(NC(=O)C(F)(F)F)CC2. The number of methoxy groups -OCH3 is 2. The molecular weight excluding hydrogens is 371 g/mol. The molecule has 0 fully saturated rings. The lowest BCUT2D eigenvalue weighted by molar-refractivity contribution is -0.174. The first-order chi connectivity index (χ1) is 13.2. The first kappa shape index (κ1) is 20.0. The van der Waals surface area contributed by atoms with Crippen molar-refractivity contribution in [1.29, 1.82) is 0 Å². The van der Waals surface area contributed by atoms with Gasteiger partial charge in [0.2, 0.25) is 0 Å². The molecule has 7 heteroatoms. The van der Waals surface area contributed by atoms with E-state index in [1.54, 1.807) is 6.07 Å². The molecule has 4 nitrogen and oxygen atoms in total. The molecule has 0 spiro atoms. The van der Waals surface area contributed by atoms with Crippen LogP contribution in [0.15, 0.2) is 36.4 Å². The van der Waals surface area contributed by atoms with Gasteiger partial charge < -0.3 is 14.8 Å². The number of amides is 1. The molecule has 0 aliphatic heterocycles. The minimum Gasteiger partial charge on any atom is -0.493 e. The van der Waals surface area contributed by atoms with Gasteiger partial charge in [-0.1, -0.05) is 29.8 Å². The summed E-state index contributed by atoms with van der Waals surface area (Å²) in [6.45, 7) is 1.92. The minimum atomic E-state index is -4.92. The number of hydrogen-bond acceptors (Lipinski definition) is 3. The Labute approximate surface area is 161 Å². The van der Waals surface area contributed by atoms with Crippen LogP contribution in [0.25, 0.3) is 0 Å². The number of hydrogen-bond donors (Lipinski definition) is 1. The summed E-state index contributed by atoms with van der Waals surface area (Å²) in [5.41, 5.74) is 3.65. The standard InChI is InChI=1S/C21H22F3NO3/c1-12-5-4-6-14(9-12)19-15-11-18(28-3)17(27-2)10-13(15)7-8-16(19)25-20(26)21(22,23)24/h4-6,9-11,16,19H,7-8H2,1-3H3,(H,25,26). The number of carbonyl (C=O) groups excluding carboxylic acids is 1. The predicted octanol–water partition coefficient (Wildman–Crippen LogP) is 4.14. The van der Waals surface area contributed by atoms with Crippen LogP contribution in [0.3, 0.4) is 0 Å². The normalized spacial score (nSPS) is 18.9. The molecule has 2 unspecified atom stereocenters. The van der Waals surface area contributed by atoms with Gasteiger partial charge in [-0.15, -0.1) is 0 Å². The zero-order chi connectivity index (χ0) is 20.5. The minimum absolute atomic E-state index is 0.392. The molecule has 1 amide bonds. The van der Waals surface area contributed by atoms with E-state index in [1.807, 2.05) is 37.3 Å². The van der Waals surface area contributed by atoms with E-state index in [1.165, 1.54) is 14.2 Å². The highest BCUT2D eigenvalue weighted by atomic mass is 19.4. The Balaban J connectivity index is 2.10. The second-order valence-corrected chi connectivity index (χ2v) is 6.91. The topological polar surface area (TPSA) is 47.6 Å². The Kier molecular flexibility index (Phi) is 5.54. The van der Waals surface area contributed by atoms with Crippen LogP contribution in [-0.2, 0) is 11.2 Å². The number of aryl methyl sites for hydroxylation is 2. The van der Waals surface area contributed by atoms with E-state index in [9.17, 15) is 18.0 Å². The van der Waals surface area contributed by atoms with Crippen molar-refractivity contribution in [3.8, 4) is 11.5 Å². The largest absolute Gasteiger partial charge is 0.493 e. The van der Waals surface area contributed by atoms with Gasteiger partial charge in [0, 0.05) is 12.0 Å². The van der Waals surface area contributed by atoms with Crippen molar-refractivity contribution in [3.05, 3.63) is 58.7 Å². The molecule has 1 aliphatic carbocycles. The van der Waals surface area contributed by atoms with Crippen LogP contribution < -0.4 is 14.8 Å². The van der Waals surface area contributed by atoms with Crippen LogP contribution >= 0.6 is 0 Å². The molecule has 3 rings (SSSR count). The number of benzene rings is 2. The van der Waals surface area contributed by atoms with Crippen molar-refractivity contribution in [1.82, 2.24) is 5.32 Å². The molecule has 0 aromatic heterocycles. The van der Waals surface area contributed by atoms with Crippen molar-refractivity contribution in [3.63, 3.8) is 0 Å². The van der Waals surface area contributed by atoms with Gasteiger partial charge in [0.1, 0.15) is 0 Å². The third-order valence-corrected chi connectivity index (χ3v) is 5.08. The fourth-order valence-electron chi connectivity index (χ4n) is 3.82. The molecule has 0 saturated carbocycles. The van der Waals surface area contributed by atoms with Crippen LogP contribution in [0.2, 0.25) is 0 Å². The van der Waals surface area contributed by atoms with Crippen molar-refractivity contribution < 1.29 is 27.4 Å². The highest BCUT2D eigenvalue weighted by Gasteiger charge is 2.42. The van der Waals surface area contributed by atoms with E-state index in [0.29, 0.717) is 24.3 Å². The second-order valence-electron chi connectivity index (χ2n) is 6.91. The number of alkyl halides is 3. The first-order valence-corrected chi connectivity index (χ1v) is 8.93. The lowest BCUT2D eigenvalue weighted by Crippen LogP contribution is -2.47. The molecular formula is C21H22F3NO3. The molecule has 2 aromatic carbocycles. The van der Waals surface area contributed by atoms with Gasteiger partial charge in [0.25, 0.3) is 0 Å². The number of rotatable bonds is 4. The van der Waals surface area contributed by atoms with Crippen molar-refractivity contribution in [2.24, 2.45) is 0 Å². The number of carbonyl (C=O) groups is 1. The van der Waals surface area contributed by atoms with Crippen LogP contribution in [-0.4, -0.2) is 32.3 Å².